The van der Waals surface area contributed by atoms with Crippen LogP contribution in [0.2, 0.25) is 0 Å². The second-order valence-corrected chi connectivity index (χ2v) is 5.48. The fourth-order valence-electron chi connectivity index (χ4n) is 1.81. The molecule has 0 aromatic heterocycles. The fourth-order valence-corrected chi connectivity index (χ4v) is 1.81. The van der Waals surface area contributed by atoms with Gasteiger partial charge in [0.1, 0.15) is 0 Å². The van der Waals surface area contributed by atoms with E-state index in [9.17, 15) is 0 Å². The van der Waals surface area contributed by atoms with Gasteiger partial charge in [-0.2, -0.15) is 0 Å². The molecule has 0 radical (unpaired) electrons. The second-order valence-electron chi connectivity index (χ2n) is 5.48. The van der Waals surface area contributed by atoms with Gasteiger partial charge in [-0.25, -0.2) is 0 Å². The first-order valence-electron chi connectivity index (χ1n) is 6.57. The average molecular weight is 244 g/mol. The first-order valence-corrected chi connectivity index (χ1v) is 6.57. The van der Waals surface area contributed by atoms with Gasteiger partial charge >= 0.3 is 0 Å². The predicted octanol–water partition coefficient (Wildman–Crippen LogP) is 6.00. The summed E-state index contributed by atoms with van der Waals surface area (Å²) in [7, 11) is 0. The maximum absolute atomic E-state index is 4.03. The lowest BCUT2D eigenvalue weighted by Gasteiger charge is -2.14. The van der Waals surface area contributed by atoms with Gasteiger partial charge in [-0.1, -0.05) is 55.9 Å². The highest BCUT2D eigenvalue weighted by molar-refractivity contribution is 5.53. The Balaban J connectivity index is 5.85. The minimum atomic E-state index is 0.573. The van der Waals surface area contributed by atoms with E-state index in [1.165, 1.54) is 22.3 Å². The molecular weight excluding hydrogens is 216 g/mol. The zero-order valence-electron chi connectivity index (χ0n) is 13.1. The number of rotatable bonds is 5. The number of hydrogen-bond acceptors (Lipinski definition) is 0. The topological polar surface area (TPSA) is 0 Å². The van der Waals surface area contributed by atoms with Crippen LogP contribution in [0, 0.1) is 5.92 Å². The summed E-state index contributed by atoms with van der Waals surface area (Å²) in [5.74, 6) is 0.573. The highest BCUT2D eigenvalue weighted by Crippen LogP contribution is 2.26. The summed E-state index contributed by atoms with van der Waals surface area (Å²) in [6.07, 6.45) is 4.20. The van der Waals surface area contributed by atoms with Crippen molar-refractivity contribution in [3.8, 4) is 0 Å². The summed E-state index contributed by atoms with van der Waals surface area (Å²) >= 11 is 0. The van der Waals surface area contributed by atoms with Crippen LogP contribution in [0.1, 0.15) is 48.5 Å². The van der Waals surface area contributed by atoms with Gasteiger partial charge in [0, 0.05) is 0 Å². The molecule has 0 unspecified atom stereocenters. The van der Waals surface area contributed by atoms with E-state index in [1.807, 2.05) is 13.0 Å². The van der Waals surface area contributed by atoms with Gasteiger partial charge in [0.15, 0.2) is 0 Å². The molecule has 0 saturated carbocycles. The van der Waals surface area contributed by atoms with Crippen LogP contribution in [0.25, 0.3) is 0 Å². The van der Waals surface area contributed by atoms with Gasteiger partial charge in [-0.15, -0.1) is 0 Å². The van der Waals surface area contributed by atoms with Crippen LogP contribution in [0.3, 0.4) is 0 Å². The number of hydrogen-bond donors (Lipinski definition) is 0. The van der Waals surface area contributed by atoms with Gasteiger partial charge in [0.2, 0.25) is 0 Å². The monoisotopic (exact) mass is 244 g/mol. The van der Waals surface area contributed by atoms with Gasteiger partial charge in [0.05, 0.1) is 0 Å². The first-order chi connectivity index (χ1) is 8.22. The molecule has 0 aromatic rings. The van der Waals surface area contributed by atoms with Crippen molar-refractivity contribution in [2.24, 2.45) is 5.92 Å². The number of allylic oxidation sites excluding steroid dienone is 8. The van der Waals surface area contributed by atoms with E-state index in [0.717, 1.165) is 11.1 Å². The Hall–Kier alpha value is -1.30. The van der Waals surface area contributed by atoms with Crippen LogP contribution < -0.4 is 0 Å². The zero-order valence-corrected chi connectivity index (χ0v) is 13.1. The highest BCUT2D eigenvalue weighted by Gasteiger charge is 2.07. The molecular formula is C18H28. The van der Waals surface area contributed by atoms with E-state index in [-0.39, 0.29) is 0 Å². The minimum Gasteiger partial charge on any atom is -0.0985 e. The molecule has 0 N–H and O–H groups in total. The molecule has 0 heterocycles. The molecule has 18 heavy (non-hydrogen) atoms. The standard InChI is InChI=1S/C18H28/c1-10-17(13(4)5)16(9)18(14(6)7)11-15(8)12(2)3/h10-12H,1,4H2,2-3,5-9H3/b15-11+,17-16+. The predicted molar refractivity (Wildman–Crippen MR) is 84.7 cm³/mol. The Labute approximate surface area is 113 Å². The summed E-state index contributed by atoms with van der Waals surface area (Å²) < 4.78 is 0. The van der Waals surface area contributed by atoms with E-state index in [4.69, 9.17) is 0 Å². The summed E-state index contributed by atoms with van der Waals surface area (Å²) in [6.45, 7) is 23.1. The summed E-state index contributed by atoms with van der Waals surface area (Å²) in [5.41, 5.74) is 7.51. The van der Waals surface area contributed by atoms with Crippen molar-refractivity contribution < 1.29 is 0 Å². The smallest absolute Gasteiger partial charge is 0.0204 e. The summed E-state index contributed by atoms with van der Waals surface area (Å²) in [4.78, 5) is 0. The van der Waals surface area contributed by atoms with Crippen LogP contribution in [0.15, 0.2) is 58.7 Å². The molecule has 0 rings (SSSR count). The lowest BCUT2D eigenvalue weighted by atomic mass is 9.91. The highest BCUT2D eigenvalue weighted by atomic mass is 14.1. The third-order valence-corrected chi connectivity index (χ3v) is 3.29. The van der Waals surface area contributed by atoms with Crippen molar-refractivity contribution in [1.29, 1.82) is 0 Å². The van der Waals surface area contributed by atoms with Crippen molar-refractivity contribution in [3.63, 3.8) is 0 Å². The molecule has 0 aliphatic heterocycles. The quantitative estimate of drug-likeness (QED) is 0.520. The van der Waals surface area contributed by atoms with Crippen LogP contribution in [-0.4, -0.2) is 0 Å². The molecule has 100 valence electrons. The van der Waals surface area contributed by atoms with Gasteiger partial charge in [0.25, 0.3) is 0 Å². The van der Waals surface area contributed by atoms with Crippen molar-refractivity contribution >= 4 is 0 Å². The summed E-state index contributed by atoms with van der Waals surface area (Å²) in [5, 5.41) is 0. The molecule has 0 fully saturated rings. The molecule has 0 atom stereocenters. The van der Waals surface area contributed by atoms with E-state index in [1.54, 1.807) is 0 Å². The van der Waals surface area contributed by atoms with Crippen LogP contribution in [0.5, 0.6) is 0 Å². The largest absolute Gasteiger partial charge is 0.0985 e. The lowest BCUT2D eigenvalue weighted by Crippen LogP contribution is -1.96. The molecule has 0 aliphatic carbocycles. The summed E-state index contributed by atoms with van der Waals surface area (Å²) in [6, 6.07) is 0. The van der Waals surface area contributed by atoms with Gasteiger partial charge in [-0.05, 0) is 57.3 Å². The van der Waals surface area contributed by atoms with Crippen LogP contribution in [-0.2, 0) is 0 Å². The van der Waals surface area contributed by atoms with Crippen molar-refractivity contribution in [1.82, 2.24) is 0 Å². The Bertz CT molecular complexity index is 419. The molecule has 0 spiro atoms. The van der Waals surface area contributed by atoms with E-state index >= 15 is 0 Å². The van der Waals surface area contributed by atoms with Crippen molar-refractivity contribution in [2.45, 2.75) is 48.5 Å². The molecule has 0 heteroatoms. The average Bonchev–Trinajstić information content (AvgIpc) is 2.24. The maximum Gasteiger partial charge on any atom is -0.0204 e. The first kappa shape index (κ1) is 16.7. The fraction of sp³-hybridized carbons (Fsp3) is 0.444. The minimum absolute atomic E-state index is 0.573. The molecule has 0 aromatic carbocycles. The van der Waals surface area contributed by atoms with Gasteiger partial charge < -0.3 is 0 Å². The second kappa shape index (κ2) is 7.20. The Morgan fingerprint density at radius 1 is 0.944 bits per heavy atom. The van der Waals surface area contributed by atoms with Crippen LogP contribution >= 0.6 is 0 Å². The Kier molecular flexibility index (Phi) is 6.68. The normalized spacial score (nSPS) is 13.2. The van der Waals surface area contributed by atoms with Crippen molar-refractivity contribution in [2.75, 3.05) is 0 Å². The van der Waals surface area contributed by atoms with E-state index < -0.39 is 0 Å². The Morgan fingerprint density at radius 3 is 1.72 bits per heavy atom. The molecule has 0 bridgehead atoms. The van der Waals surface area contributed by atoms with E-state index in [0.29, 0.717) is 5.92 Å². The SMILES string of the molecule is C=C/C(C(=C)C)=C(/C)C(/C=C(\C)C(C)C)=C(C)C. The zero-order chi connectivity index (χ0) is 14.5. The molecule has 0 amide bonds. The maximum atomic E-state index is 4.03. The molecule has 0 nitrogen and oxygen atoms in total. The Morgan fingerprint density at radius 2 is 1.44 bits per heavy atom. The van der Waals surface area contributed by atoms with E-state index in [2.05, 4.69) is 60.8 Å². The van der Waals surface area contributed by atoms with Gasteiger partial charge in [-0.3, -0.25) is 0 Å². The third kappa shape index (κ3) is 4.52. The third-order valence-electron chi connectivity index (χ3n) is 3.29. The lowest BCUT2D eigenvalue weighted by molar-refractivity contribution is 0.768. The van der Waals surface area contributed by atoms with Crippen molar-refractivity contribution in [3.05, 3.63) is 58.7 Å². The molecule has 0 aliphatic rings. The molecule has 0 saturated heterocycles. The van der Waals surface area contributed by atoms with Crippen LogP contribution in [0.4, 0.5) is 0 Å².